The lowest BCUT2D eigenvalue weighted by Gasteiger charge is -2.26. The number of fused-ring (bicyclic) bond motifs is 1. The lowest BCUT2D eigenvalue weighted by Crippen LogP contribution is -2.36. The molecule has 0 bridgehead atoms. The van der Waals surface area contributed by atoms with E-state index in [1.807, 2.05) is 38.1 Å². The van der Waals surface area contributed by atoms with Crippen molar-refractivity contribution >= 4 is 29.2 Å². The molecule has 1 fully saturated rings. The molecule has 3 heterocycles. The molecule has 2 N–H and O–H groups in total. The number of nitrogens with one attached hydrogen (secondary N) is 2. The predicted octanol–water partition coefficient (Wildman–Crippen LogP) is 2.53. The summed E-state index contributed by atoms with van der Waals surface area (Å²) in [5.41, 5.74) is 3.03. The molecule has 0 aliphatic carbocycles. The normalized spacial score (nSPS) is 18.3. The van der Waals surface area contributed by atoms with Crippen molar-refractivity contribution in [2.45, 2.75) is 20.0 Å². The quantitative estimate of drug-likeness (QED) is 0.825. The molecule has 1 amide bonds. The smallest absolute Gasteiger partial charge is 0.256 e. The number of aromatic nitrogens is 2. The average molecular weight is 354 g/mol. The van der Waals surface area contributed by atoms with Crippen molar-refractivity contribution in [3.05, 3.63) is 35.7 Å². The van der Waals surface area contributed by atoms with Crippen LogP contribution in [0.5, 0.6) is 5.75 Å². The van der Waals surface area contributed by atoms with Crippen LogP contribution in [0.1, 0.15) is 25.1 Å². The van der Waals surface area contributed by atoms with Gasteiger partial charge in [0, 0.05) is 24.3 Å². The second-order valence-electron chi connectivity index (χ2n) is 6.65. The summed E-state index contributed by atoms with van der Waals surface area (Å²) in [6.45, 7) is 6.97. The van der Waals surface area contributed by atoms with Gasteiger partial charge in [-0.15, -0.1) is 0 Å². The minimum Gasteiger partial charge on any atom is -0.491 e. The van der Waals surface area contributed by atoms with Gasteiger partial charge in [0.2, 0.25) is 5.95 Å². The summed E-state index contributed by atoms with van der Waals surface area (Å²) < 4.78 is 11.1. The second kappa shape index (κ2) is 6.84. The lowest BCUT2D eigenvalue weighted by molar-refractivity contribution is -0.110. The lowest BCUT2D eigenvalue weighted by atomic mass is 10.1. The van der Waals surface area contributed by atoms with Crippen LogP contribution in [-0.2, 0) is 9.53 Å². The van der Waals surface area contributed by atoms with E-state index in [2.05, 4.69) is 20.2 Å². The van der Waals surface area contributed by atoms with E-state index in [0.717, 1.165) is 41.7 Å². The Kier molecular flexibility index (Phi) is 4.38. The number of morpholine rings is 1. The Balaban J connectivity index is 1.62. The summed E-state index contributed by atoms with van der Waals surface area (Å²) in [6, 6.07) is 5.64. The van der Waals surface area contributed by atoms with E-state index in [9.17, 15) is 4.79 Å². The van der Waals surface area contributed by atoms with Crippen LogP contribution in [0.2, 0.25) is 0 Å². The maximum absolute atomic E-state index is 12.4. The standard InChI is InChI=1S/C19H22N4O3/c1-12(2)26-14-3-4-17-15(10-14)16(18(24)22-17)9-13-11-20-19(21-13)23-5-7-25-8-6-23/h3-4,9-12H,5-8H2,1-2H3,(H,20,21)(H,22,24). The van der Waals surface area contributed by atoms with Crippen LogP contribution < -0.4 is 15.0 Å². The van der Waals surface area contributed by atoms with Crippen molar-refractivity contribution in [1.29, 1.82) is 0 Å². The molecule has 2 aliphatic rings. The molecule has 0 radical (unpaired) electrons. The fourth-order valence-electron chi connectivity index (χ4n) is 3.14. The first kappa shape index (κ1) is 16.7. The number of carbonyl (C=O) groups is 1. The van der Waals surface area contributed by atoms with Crippen molar-refractivity contribution in [3.8, 4) is 5.75 Å². The van der Waals surface area contributed by atoms with Gasteiger partial charge in [0.25, 0.3) is 5.91 Å². The zero-order valence-electron chi connectivity index (χ0n) is 14.9. The summed E-state index contributed by atoms with van der Waals surface area (Å²) in [4.78, 5) is 22.3. The van der Waals surface area contributed by atoms with Gasteiger partial charge in [-0.1, -0.05) is 0 Å². The molecule has 7 heteroatoms. The van der Waals surface area contributed by atoms with E-state index in [1.165, 1.54) is 0 Å². The van der Waals surface area contributed by atoms with Crippen LogP contribution in [0.3, 0.4) is 0 Å². The van der Waals surface area contributed by atoms with Crippen LogP contribution >= 0.6 is 0 Å². The number of nitrogens with zero attached hydrogens (tertiary/aromatic N) is 2. The summed E-state index contributed by atoms with van der Waals surface area (Å²) in [5.74, 6) is 1.43. The van der Waals surface area contributed by atoms with Gasteiger partial charge in [-0.25, -0.2) is 4.98 Å². The largest absolute Gasteiger partial charge is 0.491 e. The summed E-state index contributed by atoms with van der Waals surface area (Å²) >= 11 is 0. The molecule has 1 saturated heterocycles. The van der Waals surface area contributed by atoms with Crippen LogP contribution in [-0.4, -0.2) is 48.3 Å². The highest BCUT2D eigenvalue weighted by atomic mass is 16.5. The van der Waals surface area contributed by atoms with Gasteiger partial charge in [0.15, 0.2) is 0 Å². The number of H-pyrrole nitrogens is 1. The van der Waals surface area contributed by atoms with Gasteiger partial charge in [-0.05, 0) is 38.1 Å². The monoisotopic (exact) mass is 354 g/mol. The molecule has 1 aromatic carbocycles. The third kappa shape index (κ3) is 3.30. The van der Waals surface area contributed by atoms with Crippen LogP contribution in [0.4, 0.5) is 11.6 Å². The molecule has 2 aliphatic heterocycles. The van der Waals surface area contributed by atoms with Gasteiger partial charge < -0.3 is 24.7 Å². The number of rotatable bonds is 4. The van der Waals surface area contributed by atoms with Gasteiger partial charge >= 0.3 is 0 Å². The minimum atomic E-state index is -0.121. The first-order valence-corrected chi connectivity index (χ1v) is 8.82. The highest BCUT2D eigenvalue weighted by molar-refractivity contribution is 6.34. The number of hydrogen-bond donors (Lipinski definition) is 2. The Bertz CT molecular complexity index is 850. The van der Waals surface area contributed by atoms with E-state index in [0.29, 0.717) is 18.8 Å². The molecule has 0 spiro atoms. The van der Waals surface area contributed by atoms with E-state index in [1.54, 1.807) is 6.20 Å². The van der Waals surface area contributed by atoms with Crippen LogP contribution in [0, 0.1) is 0 Å². The maximum atomic E-state index is 12.4. The fourth-order valence-corrected chi connectivity index (χ4v) is 3.14. The third-order valence-corrected chi connectivity index (χ3v) is 4.34. The SMILES string of the molecule is CC(C)Oc1ccc2c(c1)C(=Cc1cnc(N3CCOCC3)[nH]1)C(=O)N2. The molecule has 0 unspecified atom stereocenters. The minimum absolute atomic E-state index is 0.0780. The Labute approximate surface area is 152 Å². The number of carbonyl (C=O) groups excluding carboxylic acids is 1. The average Bonchev–Trinajstić information content (AvgIpc) is 3.21. The van der Waals surface area contributed by atoms with Gasteiger partial charge in [0.1, 0.15) is 5.75 Å². The molecule has 0 atom stereocenters. The zero-order chi connectivity index (χ0) is 18.1. The molecule has 2 aromatic rings. The van der Waals surface area contributed by atoms with Crippen molar-refractivity contribution < 1.29 is 14.3 Å². The molecule has 26 heavy (non-hydrogen) atoms. The summed E-state index contributed by atoms with van der Waals surface area (Å²) in [7, 11) is 0. The second-order valence-corrected chi connectivity index (χ2v) is 6.65. The van der Waals surface area contributed by atoms with E-state index >= 15 is 0 Å². The topological polar surface area (TPSA) is 79.5 Å². The Morgan fingerprint density at radius 2 is 2.12 bits per heavy atom. The number of imidazole rings is 1. The molecule has 7 nitrogen and oxygen atoms in total. The number of ether oxygens (including phenoxy) is 2. The number of amides is 1. The van der Waals surface area contributed by atoms with Crippen molar-refractivity contribution in [2.75, 3.05) is 36.5 Å². The van der Waals surface area contributed by atoms with Crippen LogP contribution in [0.25, 0.3) is 11.6 Å². The van der Waals surface area contributed by atoms with E-state index < -0.39 is 0 Å². The molecule has 136 valence electrons. The zero-order valence-corrected chi connectivity index (χ0v) is 14.9. The number of aromatic amines is 1. The first-order chi connectivity index (χ1) is 12.6. The molecule has 4 rings (SSSR count). The van der Waals surface area contributed by atoms with Crippen molar-refractivity contribution in [3.63, 3.8) is 0 Å². The highest BCUT2D eigenvalue weighted by Crippen LogP contribution is 2.35. The third-order valence-electron chi connectivity index (χ3n) is 4.34. The molecular formula is C19H22N4O3. The Morgan fingerprint density at radius 1 is 1.31 bits per heavy atom. The van der Waals surface area contributed by atoms with Crippen molar-refractivity contribution in [2.24, 2.45) is 0 Å². The van der Waals surface area contributed by atoms with E-state index in [-0.39, 0.29) is 12.0 Å². The van der Waals surface area contributed by atoms with Gasteiger partial charge in [-0.3, -0.25) is 4.79 Å². The predicted molar refractivity (Wildman–Crippen MR) is 100 cm³/mol. The Morgan fingerprint density at radius 3 is 2.88 bits per heavy atom. The van der Waals surface area contributed by atoms with Crippen LogP contribution in [0.15, 0.2) is 24.4 Å². The highest BCUT2D eigenvalue weighted by Gasteiger charge is 2.25. The number of anilines is 2. The van der Waals surface area contributed by atoms with Gasteiger partial charge in [0.05, 0.1) is 36.8 Å². The molecule has 1 aromatic heterocycles. The van der Waals surface area contributed by atoms with Gasteiger partial charge in [-0.2, -0.15) is 0 Å². The molecule has 0 saturated carbocycles. The fraction of sp³-hybridized carbons (Fsp3) is 0.368. The summed E-state index contributed by atoms with van der Waals surface area (Å²) in [6.07, 6.45) is 3.66. The number of benzene rings is 1. The van der Waals surface area contributed by atoms with E-state index in [4.69, 9.17) is 9.47 Å². The summed E-state index contributed by atoms with van der Waals surface area (Å²) in [5, 5.41) is 2.89. The maximum Gasteiger partial charge on any atom is 0.256 e. The first-order valence-electron chi connectivity index (χ1n) is 8.82. The number of hydrogen-bond acceptors (Lipinski definition) is 5. The van der Waals surface area contributed by atoms with Crippen molar-refractivity contribution in [1.82, 2.24) is 9.97 Å². The molecular weight excluding hydrogens is 332 g/mol. The Hall–Kier alpha value is -2.80.